The summed E-state index contributed by atoms with van der Waals surface area (Å²) in [5.74, 6) is -1.09. The second kappa shape index (κ2) is 17.5. The third-order valence-electron chi connectivity index (χ3n) is 12.8. The first kappa shape index (κ1) is 41.4. The van der Waals surface area contributed by atoms with Crippen molar-refractivity contribution in [3.05, 3.63) is 101 Å². The Morgan fingerprint density at radius 1 is 0.922 bits per heavy atom. The highest BCUT2D eigenvalue weighted by Crippen LogP contribution is 2.34. The van der Waals surface area contributed by atoms with E-state index in [4.69, 9.17) is 4.98 Å². The molecule has 8 heterocycles. The van der Waals surface area contributed by atoms with Crippen LogP contribution in [0.1, 0.15) is 61.0 Å². The molecule has 19 heteroatoms. The van der Waals surface area contributed by atoms with Gasteiger partial charge >= 0.3 is 0 Å². The number of rotatable bonds is 11. The number of benzene rings is 2. The lowest BCUT2D eigenvalue weighted by molar-refractivity contribution is -0.134. The third-order valence-corrected chi connectivity index (χ3v) is 13.5. The van der Waals surface area contributed by atoms with Gasteiger partial charge in [0.1, 0.15) is 23.2 Å². The summed E-state index contributed by atoms with van der Waals surface area (Å²) < 4.78 is 35.1. The molecule has 4 aromatic heterocycles. The predicted molar refractivity (Wildman–Crippen MR) is 236 cm³/mol. The van der Waals surface area contributed by atoms with Crippen molar-refractivity contribution in [2.24, 2.45) is 0 Å². The van der Waals surface area contributed by atoms with E-state index >= 15 is 8.78 Å². The molecule has 1 unspecified atom stereocenters. The summed E-state index contributed by atoms with van der Waals surface area (Å²) in [7, 11) is 0. The number of nitrogens with zero attached hydrogens (tertiary/aromatic N) is 9. The highest BCUT2D eigenvalue weighted by atomic mass is 32.1. The highest BCUT2D eigenvalue weighted by molar-refractivity contribution is 7.13. The number of aromatic nitrogens is 6. The molecule has 16 nitrogen and oxygen atoms in total. The lowest BCUT2D eigenvalue weighted by Crippen LogP contribution is -2.52. The summed E-state index contributed by atoms with van der Waals surface area (Å²) in [4.78, 5) is 70.4. The number of nitrogens with one attached hydrogen (secondary N) is 3. The summed E-state index contributed by atoms with van der Waals surface area (Å²) >= 11 is 1.31. The lowest BCUT2D eigenvalue weighted by atomic mass is 9.89. The van der Waals surface area contributed by atoms with Crippen LogP contribution in [0.4, 0.5) is 25.4 Å². The van der Waals surface area contributed by atoms with Gasteiger partial charge in [-0.25, -0.2) is 23.7 Å². The summed E-state index contributed by atoms with van der Waals surface area (Å²) in [6, 6.07) is 10.6. The molecular formula is C45H46F2N12O4S. The van der Waals surface area contributed by atoms with Crippen molar-refractivity contribution in [1.29, 1.82) is 0 Å². The largest absolute Gasteiger partial charge is 0.374 e. The third kappa shape index (κ3) is 8.32. The van der Waals surface area contributed by atoms with Gasteiger partial charge in [-0.1, -0.05) is 18.2 Å². The molecule has 2 atom stereocenters. The van der Waals surface area contributed by atoms with Gasteiger partial charge in [0.25, 0.3) is 5.91 Å². The maximum Gasteiger partial charge on any atom is 0.257 e. The van der Waals surface area contributed by atoms with Crippen LogP contribution in [-0.2, 0) is 32.1 Å². The molecule has 6 aromatic rings. The van der Waals surface area contributed by atoms with Crippen molar-refractivity contribution >= 4 is 62.5 Å². The van der Waals surface area contributed by atoms with E-state index in [9.17, 15) is 19.2 Å². The molecule has 4 aliphatic rings. The number of aryl methyl sites for hydroxylation is 1. The molecule has 330 valence electrons. The number of fused-ring (bicyclic) bond motifs is 2. The fourth-order valence-corrected chi connectivity index (χ4v) is 9.91. The summed E-state index contributed by atoms with van der Waals surface area (Å²) in [5, 5.41) is 15.6. The van der Waals surface area contributed by atoms with Gasteiger partial charge in [0.2, 0.25) is 17.7 Å². The van der Waals surface area contributed by atoms with Gasteiger partial charge in [0.15, 0.2) is 17.0 Å². The van der Waals surface area contributed by atoms with Crippen LogP contribution in [0.15, 0.2) is 72.8 Å². The maximum atomic E-state index is 16.3. The fraction of sp³-hybridized carbons (Fsp3) is 0.378. The Morgan fingerprint density at radius 3 is 2.52 bits per heavy atom. The van der Waals surface area contributed by atoms with Gasteiger partial charge in [-0.3, -0.25) is 39.4 Å². The number of pyridine rings is 1. The molecule has 10 rings (SSSR count). The highest BCUT2D eigenvalue weighted by Gasteiger charge is 2.33. The Bertz CT molecular complexity index is 2720. The van der Waals surface area contributed by atoms with Crippen LogP contribution in [0.2, 0.25) is 0 Å². The number of imide groups is 1. The molecule has 3 N–H and O–H groups in total. The molecule has 0 saturated carbocycles. The minimum atomic E-state index is -0.925. The molecule has 0 aliphatic carbocycles. The SMILES string of the molecule is O=C1CC[C@H](Nc2ccc(C3CCN(CC(=O)N4CCN(c5ccc(-c6ccc7cn(C(C(=O)Nc8nccs8)c8ncn9c8CCC9)nc7c6F)cn5)CC4)CC3)c(F)c2)C(=O)N1. The van der Waals surface area contributed by atoms with Crippen molar-refractivity contribution in [2.75, 3.05) is 61.3 Å². The molecule has 3 saturated heterocycles. The first-order chi connectivity index (χ1) is 31.1. The van der Waals surface area contributed by atoms with E-state index in [1.54, 1.807) is 54.6 Å². The van der Waals surface area contributed by atoms with Crippen molar-refractivity contribution in [2.45, 2.75) is 63.1 Å². The second-order valence-corrected chi connectivity index (χ2v) is 17.7. The van der Waals surface area contributed by atoms with E-state index in [0.717, 1.165) is 43.7 Å². The molecule has 4 amide bonds. The van der Waals surface area contributed by atoms with Crippen molar-refractivity contribution in [3.8, 4) is 11.1 Å². The molecule has 0 bridgehead atoms. The number of anilines is 3. The number of likely N-dealkylation sites (tertiary alicyclic amines) is 1. The van der Waals surface area contributed by atoms with Crippen LogP contribution in [-0.4, -0.2) is 115 Å². The lowest BCUT2D eigenvalue weighted by Gasteiger charge is -2.37. The van der Waals surface area contributed by atoms with Crippen LogP contribution in [0.3, 0.4) is 0 Å². The van der Waals surface area contributed by atoms with Crippen LogP contribution >= 0.6 is 11.3 Å². The zero-order valence-electron chi connectivity index (χ0n) is 34.9. The van der Waals surface area contributed by atoms with Crippen molar-refractivity contribution < 1.29 is 28.0 Å². The molecular weight excluding hydrogens is 843 g/mol. The standard InChI is InChI=1S/C45H46F2N12O4S/c46-33-22-30(51-34-8-10-37(60)52-43(34)62)5-7-31(33)27-11-15-55(16-12-27)25-38(61)57-19-17-56(18-20-57)36-9-4-28(23-49-36)32-6-3-29-24-59(54-40(29)39(32)47)42(44(63)53-45-48-13-21-64-45)41-35-2-1-14-58(35)26-50-41/h3-7,9,13,21-24,26-27,34,42,51H,1-2,8,10-12,14-20,25H2,(H,48,53,63)(H,52,60,62)/t34-,42?/m0/s1. The zero-order valence-corrected chi connectivity index (χ0v) is 35.7. The van der Waals surface area contributed by atoms with Gasteiger partial charge in [0, 0.05) is 91.0 Å². The van der Waals surface area contributed by atoms with Crippen LogP contribution in [0.5, 0.6) is 0 Å². The second-order valence-electron chi connectivity index (χ2n) is 16.8. The predicted octanol–water partition coefficient (Wildman–Crippen LogP) is 4.95. The number of imidazole rings is 1. The number of carbonyl (C=O) groups excluding carboxylic acids is 4. The monoisotopic (exact) mass is 888 g/mol. The van der Waals surface area contributed by atoms with Gasteiger partial charge in [-0.05, 0) is 80.9 Å². The van der Waals surface area contributed by atoms with Crippen molar-refractivity contribution in [1.82, 2.24) is 44.4 Å². The minimum Gasteiger partial charge on any atom is -0.374 e. The molecule has 4 aliphatic heterocycles. The average molecular weight is 889 g/mol. The molecule has 2 aromatic carbocycles. The van der Waals surface area contributed by atoms with E-state index in [0.29, 0.717) is 90.8 Å². The Labute approximate surface area is 370 Å². The molecule has 0 spiro atoms. The molecule has 0 radical (unpaired) electrons. The van der Waals surface area contributed by atoms with Gasteiger partial charge in [-0.15, -0.1) is 11.3 Å². The van der Waals surface area contributed by atoms with E-state index < -0.39 is 23.8 Å². The number of carbonyl (C=O) groups is 4. The quantitative estimate of drug-likeness (QED) is 0.150. The average Bonchev–Trinajstić information content (AvgIpc) is 4.14. The first-order valence-electron chi connectivity index (χ1n) is 21.7. The first-order valence-corrected chi connectivity index (χ1v) is 22.6. The Hall–Kier alpha value is -6.60. The van der Waals surface area contributed by atoms with E-state index in [-0.39, 0.29) is 41.4 Å². The van der Waals surface area contributed by atoms with Gasteiger partial charge in [-0.2, -0.15) is 5.10 Å². The number of amides is 4. The Balaban J connectivity index is 0.733. The smallest absolute Gasteiger partial charge is 0.257 e. The van der Waals surface area contributed by atoms with E-state index in [2.05, 4.69) is 40.8 Å². The maximum absolute atomic E-state index is 16.3. The fourth-order valence-electron chi connectivity index (χ4n) is 9.38. The Kier molecular flexibility index (Phi) is 11.3. The van der Waals surface area contributed by atoms with E-state index in [1.165, 1.54) is 22.1 Å². The summed E-state index contributed by atoms with van der Waals surface area (Å²) in [5.41, 5.74) is 3.74. The number of piperazine rings is 1. The number of piperidine rings is 2. The van der Waals surface area contributed by atoms with E-state index in [1.807, 2.05) is 21.6 Å². The number of halogens is 2. The normalized spacial score (nSPS) is 18.9. The van der Waals surface area contributed by atoms with Crippen LogP contribution in [0, 0.1) is 11.6 Å². The Morgan fingerprint density at radius 2 is 1.77 bits per heavy atom. The molecule has 64 heavy (non-hydrogen) atoms. The molecule has 3 fully saturated rings. The van der Waals surface area contributed by atoms with Crippen LogP contribution < -0.4 is 20.9 Å². The summed E-state index contributed by atoms with van der Waals surface area (Å²) in [6.07, 6.45) is 10.5. The number of thiazole rings is 1. The van der Waals surface area contributed by atoms with Gasteiger partial charge in [0.05, 0.1) is 18.6 Å². The zero-order chi connectivity index (χ0) is 43.9. The number of hydrogen-bond acceptors (Lipinski definition) is 12. The van der Waals surface area contributed by atoms with Gasteiger partial charge < -0.3 is 19.7 Å². The minimum absolute atomic E-state index is 0.0255. The summed E-state index contributed by atoms with van der Waals surface area (Å²) in [6.45, 7) is 4.77. The van der Waals surface area contributed by atoms with Crippen LogP contribution in [0.25, 0.3) is 22.0 Å². The van der Waals surface area contributed by atoms with Crippen molar-refractivity contribution in [3.63, 3.8) is 0 Å². The topological polar surface area (TPSA) is 176 Å². The number of hydrogen-bond donors (Lipinski definition) is 3.